The van der Waals surface area contributed by atoms with Gasteiger partial charge in [0.1, 0.15) is 0 Å². The van der Waals surface area contributed by atoms with Crippen molar-refractivity contribution in [2.24, 2.45) is 0 Å². The Morgan fingerprint density at radius 2 is 1.68 bits per heavy atom. The predicted molar refractivity (Wildman–Crippen MR) is 77.2 cm³/mol. The molecule has 1 radical (unpaired) electrons. The summed E-state index contributed by atoms with van der Waals surface area (Å²) < 4.78 is 0. The number of nitrogens with one attached hydrogen (secondary N) is 1. The number of carbonyl (C=O) groups excluding carboxylic acids is 1. The quantitative estimate of drug-likeness (QED) is 0.730. The number of carbonyl (C=O) groups is 1. The van der Waals surface area contributed by atoms with E-state index in [2.05, 4.69) is 11.4 Å². The first-order valence-corrected chi connectivity index (χ1v) is 6.10. The minimum Gasteiger partial charge on any atom is -0.321 e. The van der Waals surface area contributed by atoms with Gasteiger partial charge >= 0.3 is 0 Å². The van der Waals surface area contributed by atoms with Gasteiger partial charge in [-0.3, -0.25) is 4.79 Å². The minimum absolute atomic E-state index is 0.112. The fourth-order valence-electron chi connectivity index (χ4n) is 2.08. The van der Waals surface area contributed by atoms with Gasteiger partial charge in [0, 0.05) is 17.3 Å². The third-order valence-electron chi connectivity index (χ3n) is 2.99. The molecule has 19 heavy (non-hydrogen) atoms. The van der Waals surface area contributed by atoms with Gasteiger partial charge in [-0.15, -0.1) is 0 Å². The molecular weight excluding hydrogens is 234 g/mol. The Bertz CT molecular complexity index is 714. The highest BCUT2D eigenvalue weighted by atomic mass is 16.1. The lowest BCUT2D eigenvalue weighted by Gasteiger charge is -2.07. The van der Waals surface area contributed by atoms with Crippen LogP contribution in [0.15, 0.2) is 66.7 Å². The Kier molecular flexibility index (Phi) is 2.99. The first-order valence-electron chi connectivity index (χ1n) is 6.10. The molecule has 0 saturated heterocycles. The second-order valence-corrected chi connectivity index (χ2v) is 4.26. The summed E-state index contributed by atoms with van der Waals surface area (Å²) in [6.45, 7) is 0. The molecule has 0 aliphatic rings. The fourth-order valence-corrected chi connectivity index (χ4v) is 2.08. The molecule has 2 heteroatoms. The number of para-hydroxylation sites is 1. The topological polar surface area (TPSA) is 29.1 Å². The number of benzene rings is 3. The number of rotatable bonds is 2. The van der Waals surface area contributed by atoms with Crippen molar-refractivity contribution in [1.82, 2.24) is 0 Å². The molecule has 0 atom stereocenters. The lowest BCUT2D eigenvalue weighted by molar-refractivity contribution is 0.102. The summed E-state index contributed by atoms with van der Waals surface area (Å²) in [4.78, 5) is 12.3. The Hall–Kier alpha value is -2.61. The summed E-state index contributed by atoms with van der Waals surface area (Å²) in [6, 6.07) is 23.9. The molecule has 1 N–H and O–H groups in total. The van der Waals surface area contributed by atoms with Crippen molar-refractivity contribution >= 4 is 22.4 Å². The van der Waals surface area contributed by atoms with E-state index in [4.69, 9.17) is 0 Å². The average Bonchev–Trinajstić information content (AvgIpc) is 2.47. The first-order chi connectivity index (χ1) is 9.34. The molecule has 3 aromatic carbocycles. The molecule has 0 aliphatic heterocycles. The fraction of sp³-hybridized carbons (Fsp3) is 0. The van der Waals surface area contributed by atoms with Gasteiger partial charge in [-0.1, -0.05) is 54.6 Å². The highest BCUT2D eigenvalue weighted by Crippen LogP contribution is 2.19. The second kappa shape index (κ2) is 4.94. The van der Waals surface area contributed by atoms with E-state index in [1.807, 2.05) is 60.7 Å². The SMILES string of the molecule is O=C(Nc1[c]cccc1)c1cccc2ccccc12. The molecule has 0 fully saturated rings. The monoisotopic (exact) mass is 246 g/mol. The molecule has 0 aromatic heterocycles. The van der Waals surface area contributed by atoms with E-state index in [0.717, 1.165) is 10.8 Å². The number of hydrogen-bond acceptors (Lipinski definition) is 1. The summed E-state index contributed by atoms with van der Waals surface area (Å²) in [7, 11) is 0. The zero-order chi connectivity index (χ0) is 13.1. The third-order valence-corrected chi connectivity index (χ3v) is 2.99. The Labute approximate surface area is 111 Å². The van der Waals surface area contributed by atoms with Crippen molar-refractivity contribution in [3.63, 3.8) is 0 Å². The summed E-state index contributed by atoms with van der Waals surface area (Å²) >= 11 is 0. The Morgan fingerprint density at radius 1 is 0.895 bits per heavy atom. The standard InChI is InChI=1S/C17H12NO/c19-17(18-14-9-2-1-3-10-14)16-12-6-8-13-7-4-5-11-15(13)16/h1-9,11-12H,(H,18,19). The third kappa shape index (κ3) is 2.33. The Morgan fingerprint density at radius 3 is 2.53 bits per heavy atom. The lowest BCUT2D eigenvalue weighted by Crippen LogP contribution is -2.12. The summed E-state index contributed by atoms with van der Waals surface area (Å²) in [5, 5.41) is 4.87. The highest BCUT2D eigenvalue weighted by molar-refractivity contribution is 6.12. The maximum absolute atomic E-state index is 12.3. The van der Waals surface area contributed by atoms with Crippen LogP contribution in [-0.2, 0) is 0 Å². The Balaban J connectivity index is 1.98. The number of hydrogen-bond donors (Lipinski definition) is 1. The zero-order valence-corrected chi connectivity index (χ0v) is 10.3. The van der Waals surface area contributed by atoms with Crippen molar-refractivity contribution < 1.29 is 4.79 Å². The molecule has 3 aromatic rings. The van der Waals surface area contributed by atoms with Crippen molar-refractivity contribution in [1.29, 1.82) is 0 Å². The van der Waals surface area contributed by atoms with Crippen LogP contribution in [0.1, 0.15) is 10.4 Å². The van der Waals surface area contributed by atoms with E-state index in [1.165, 1.54) is 0 Å². The minimum atomic E-state index is -0.112. The second-order valence-electron chi connectivity index (χ2n) is 4.26. The summed E-state index contributed by atoms with van der Waals surface area (Å²) in [5.74, 6) is -0.112. The predicted octanol–water partition coefficient (Wildman–Crippen LogP) is 3.89. The van der Waals surface area contributed by atoms with E-state index in [1.54, 1.807) is 6.07 Å². The molecule has 3 rings (SSSR count). The lowest BCUT2D eigenvalue weighted by atomic mass is 10.0. The van der Waals surface area contributed by atoms with E-state index in [9.17, 15) is 4.79 Å². The molecule has 91 valence electrons. The van der Waals surface area contributed by atoms with Crippen LogP contribution in [0.3, 0.4) is 0 Å². The van der Waals surface area contributed by atoms with Gasteiger partial charge in [-0.25, -0.2) is 0 Å². The van der Waals surface area contributed by atoms with Crippen LogP contribution >= 0.6 is 0 Å². The van der Waals surface area contributed by atoms with Crippen molar-refractivity contribution in [3.8, 4) is 0 Å². The van der Waals surface area contributed by atoms with Crippen molar-refractivity contribution in [2.75, 3.05) is 5.32 Å². The van der Waals surface area contributed by atoms with Crippen LogP contribution in [-0.4, -0.2) is 5.91 Å². The zero-order valence-electron chi connectivity index (χ0n) is 10.3. The molecular formula is C17H12NO. The molecule has 0 heterocycles. The number of anilines is 1. The van der Waals surface area contributed by atoms with Gasteiger partial charge in [0.25, 0.3) is 5.91 Å². The molecule has 0 unspecified atom stereocenters. The first kappa shape index (κ1) is 11.5. The van der Waals surface area contributed by atoms with E-state index >= 15 is 0 Å². The molecule has 0 bridgehead atoms. The van der Waals surface area contributed by atoms with Gasteiger partial charge in [0.05, 0.1) is 0 Å². The molecule has 2 nitrogen and oxygen atoms in total. The van der Waals surface area contributed by atoms with Crippen LogP contribution in [0, 0.1) is 6.07 Å². The smallest absolute Gasteiger partial charge is 0.256 e. The maximum atomic E-state index is 12.3. The van der Waals surface area contributed by atoms with E-state index in [-0.39, 0.29) is 5.91 Å². The van der Waals surface area contributed by atoms with Crippen molar-refractivity contribution in [3.05, 3.63) is 78.4 Å². The van der Waals surface area contributed by atoms with Crippen LogP contribution in [0.2, 0.25) is 0 Å². The normalized spacial score (nSPS) is 10.3. The van der Waals surface area contributed by atoms with Crippen LogP contribution in [0.25, 0.3) is 10.8 Å². The van der Waals surface area contributed by atoms with E-state index in [0.29, 0.717) is 11.3 Å². The van der Waals surface area contributed by atoms with Gasteiger partial charge in [0.15, 0.2) is 0 Å². The van der Waals surface area contributed by atoms with Gasteiger partial charge in [-0.05, 0) is 22.9 Å². The highest BCUT2D eigenvalue weighted by Gasteiger charge is 2.09. The molecule has 0 spiro atoms. The summed E-state index contributed by atoms with van der Waals surface area (Å²) in [6.07, 6.45) is 0. The van der Waals surface area contributed by atoms with Gasteiger partial charge in [0.2, 0.25) is 0 Å². The number of fused-ring (bicyclic) bond motifs is 1. The van der Waals surface area contributed by atoms with Crippen LogP contribution < -0.4 is 5.32 Å². The molecule has 0 aliphatic carbocycles. The maximum Gasteiger partial charge on any atom is 0.256 e. The van der Waals surface area contributed by atoms with Crippen LogP contribution in [0.4, 0.5) is 5.69 Å². The molecule has 1 amide bonds. The number of amides is 1. The van der Waals surface area contributed by atoms with E-state index < -0.39 is 0 Å². The van der Waals surface area contributed by atoms with Gasteiger partial charge in [-0.2, -0.15) is 0 Å². The average molecular weight is 246 g/mol. The van der Waals surface area contributed by atoms with Crippen LogP contribution in [0.5, 0.6) is 0 Å². The van der Waals surface area contributed by atoms with Gasteiger partial charge < -0.3 is 5.32 Å². The molecule has 0 saturated carbocycles. The summed E-state index contributed by atoms with van der Waals surface area (Å²) in [5.41, 5.74) is 1.36. The largest absolute Gasteiger partial charge is 0.321 e. The van der Waals surface area contributed by atoms with Crippen molar-refractivity contribution in [2.45, 2.75) is 0 Å².